The van der Waals surface area contributed by atoms with Crippen LogP contribution >= 0.6 is 27.5 Å². The summed E-state index contributed by atoms with van der Waals surface area (Å²) in [7, 11) is 0. The molecular weight excluding hydrogens is 316 g/mol. The highest BCUT2D eigenvalue weighted by atomic mass is 79.9. The van der Waals surface area contributed by atoms with Gasteiger partial charge in [-0.25, -0.2) is 4.98 Å². The van der Waals surface area contributed by atoms with Gasteiger partial charge in [0, 0.05) is 22.5 Å². The Morgan fingerprint density at radius 3 is 2.94 bits per heavy atom. The van der Waals surface area contributed by atoms with Crippen LogP contribution in [-0.4, -0.2) is 14.7 Å². The maximum absolute atomic E-state index is 10.2. The molecule has 1 heterocycles. The highest BCUT2D eigenvalue weighted by Gasteiger charge is 2.14. The number of hydrogen-bond donors (Lipinski definition) is 1. The predicted octanol–water partition coefficient (Wildman–Crippen LogP) is 3.60. The normalized spacial score (nSPS) is 12.7. The first kappa shape index (κ1) is 13.6. The van der Waals surface area contributed by atoms with Gasteiger partial charge in [-0.3, -0.25) is 0 Å². The van der Waals surface area contributed by atoms with Gasteiger partial charge in [0.15, 0.2) is 0 Å². The first-order chi connectivity index (χ1) is 8.61. The Hall–Kier alpha value is -0.840. The van der Waals surface area contributed by atoms with Gasteiger partial charge in [0.2, 0.25) is 0 Å². The molecule has 1 aromatic heterocycles. The van der Waals surface area contributed by atoms with E-state index in [-0.39, 0.29) is 0 Å². The number of aryl methyl sites for hydroxylation is 1. The van der Waals surface area contributed by atoms with Crippen LogP contribution in [-0.2, 0) is 13.0 Å². The molecule has 1 atom stereocenters. The summed E-state index contributed by atoms with van der Waals surface area (Å²) in [6.07, 6.45) is 3.31. The third-order valence-electron chi connectivity index (χ3n) is 2.85. The van der Waals surface area contributed by atoms with E-state index >= 15 is 0 Å². The Labute approximate surface area is 120 Å². The van der Waals surface area contributed by atoms with Crippen molar-refractivity contribution in [2.45, 2.75) is 26.0 Å². The Morgan fingerprint density at radius 2 is 2.28 bits per heavy atom. The molecule has 0 aliphatic rings. The summed E-state index contributed by atoms with van der Waals surface area (Å²) in [6, 6.07) is 5.67. The van der Waals surface area contributed by atoms with E-state index in [4.69, 9.17) is 11.6 Å². The van der Waals surface area contributed by atoms with Gasteiger partial charge in [0.05, 0.1) is 24.3 Å². The fourth-order valence-electron chi connectivity index (χ4n) is 1.87. The van der Waals surface area contributed by atoms with Crippen molar-refractivity contribution in [3.63, 3.8) is 0 Å². The monoisotopic (exact) mass is 328 g/mol. The van der Waals surface area contributed by atoms with Crippen molar-refractivity contribution < 1.29 is 5.11 Å². The zero-order chi connectivity index (χ0) is 13.1. The van der Waals surface area contributed by atoms with Crippen molar-refractivity contribution in [1.82, 2.24) is 9.55 Å². The number of benzene rings is 1. The molecule has 96 valence electrons. The lowest BCUT2D eigenvalue weighted by Crippen LogP contribution is -2.08. The van der Waals surface area contributed by atoms with Gasteiger partial charge >= 0.3 is 0 Å². The van der Waals surface area contributed by atoms with Crippen molar-refractivity contribution in [3.05, 3.63) is 51.5 Å². The topological polar surface area (TPSA) is 38.0 Å². The molecule has 18 heavy (non-hydrogen) atoms. The van der Waals surface area contributed by atoms with Crippen molar-refractivity contribution in [1.29, 1.82) is 0 Å². The molecule has 5 heteroatoms. The highest BCUT2D eigenvalue weighted by Crippen LogP contribution is 2.26. The Bertz CT molecular complexity index is 542. The number of rotatable bonds is 4. The van der Waals surface area contributed by atoms with Crippen molar-refractivity contribution >= 4 is 27.5 Å². The lowest BCUT2D eigenvalue weighted by Gasteiger charge is -2.13. The largest absolute Gasteiger partial charge is 0.386 e. The molecule has 0 bridgehead atoms. The summed E-state index contributed by atoms with van der Waals surface area (Å²) in [5, 5.41) is 10.9. The van der Waals surface area contributed by atoms with Gasteiger partial charge < -0.3 is 9.67 Å². The van der Waals surface area contributed by atoms with Gasteiger partial charge in [-0.2, -0.15) is 0 Å². The first-order valence-corrected chi connectivity index (χ1v) is 6.91. The molecule has 0 amide bonds. The Balaban J connectivity index is 2.18. The molecular formula is C13H14BrClN2O. The van der Waals surface area contributed by atoms with E-state index < -0.39 is 6.10 Å². The average molecular weight is 330 g/mol. The number of imidazole rings is 1. The maximum Gasteiger partial charge on any atom is 0.0996 e. The second-order valence-corrected chi connectivity index (χ2v) is 5.38. The number of hydrogen-bond acceptors (Lipinski definition) is 2. The van der Waals surface area contributed by atoms with E-state index in [1.807, 2.05) is 29.7 Å². The smallest absolute Gasteiger partial charge is 0.0996 e. The number of aliphatic hydroxyl groups excluding tert-OH is 1. The van der Waals surface area contributed by atoms with Crippen LogP contribution in [0.25, 0.3) is 0 Å². The van der Waals surface area contributed by atoms with Crippen LogP contribution in [0.1, 0.15) is 24.3 Å². The lowest BCUT2D eigenvalue weighted by molar-refractivity contribution is 0.169. The molecule has 0 saturated heterocycles. The van der Waals surface area contributed by atoms with E-state index in [9.17, 15) is 5.11 Å². The molecule has 0 radical (unpaired) electrons. The van der Waals surface area contributed by atoms with Crippen LogP contribution in [0.5, 0.6) is 0 Å². The van der Waals surface area contributed by atoms with Crippen LogP contribution in [0.2, 0.25) is 5.02 Å². The third kappa shape index (κ3) is 2.94. The summed E-state index contributed by atoms with van der Waals surface area (Å²) in [4.78, 5) is 4.05. The second kappa shape index (κ2) is 5.87. The molecule has 2 rings (SSSR count). The molecule has 0 spiro atoms. The summed E-state index contributed by atoms with van der Waals surface area (Å²) in [5.74, 6) is 0. The van der Waals surface area contributed by atoms with Crippen LogP contribution in [0, 0.1) is 0 Å². The zero-order valence-corrected chi connectivity index (χ0v) is 12.3. The Kier molecular flexibility index (Phi) is 4.43. The van der Waals surface area contributed by atoms with Gasteiger partial charge in [-0.05, 0) is 24.6 Å². The zero-order valence-electron chi connectivity index (χ0n) is 9.98. The van der Waals surface area contributed by atoms with Gasteiger partial charge in [-0.15, -0.1) is 0 Å². The average Bonchev–Trinajstić information content (AvgIpc) is 2.81. The lowest BCUT2D eigenvalue weighted by atomic mass is 10.1. The standard InChI is InChI=1S/C13H14BrClN2O/c1-2-17-8-16-7-12(17)13(18)5-9-3-4-10(14)6-11(9)15/h3-4,6-8,13,18H,2,5H2,1H3. The second-order valence-electron chi connectivity index (χ2n) is 4.06. The van der Waals surface area contributed by atoms with Gasteiger partial charge in [0.25, 0.3) is 0 Å². The van der Waals surface area contributed by atoms with E-state index in [1.165, 1.54) is 0 Å². The van der Waals surface area contributed by atoms with Gasteiger partial charge in [0.1, 0.15) is 0 Å². The minimum atomic E-state index is -0.592. The van der Waals surface area contributed by atoms with E-state index in [0.717, 1.165) is 22.3 Å². The molecule has 1 aromatic carbocycles. The van der Waals surface area contributed by atoms with Crippen molar-refractivity contribution in [2.24, 2.45) is 0 Å². The summed E-state index contributed by atoms with van der Waals surface area (Å²) in [5.41, 5.74) is 1.74. The quantitative estimate of drug-likeness (QED) is 0.931. The molecule has 0 saturated carbocycles. The van der Waals surface area contributed by atoms with Crippen molar-refractivity contribution in [2.75, 3.05) is 0 Å². The molecule has 0 aliphatic carbocycles. The first-order valence-electron chi connectivity index (χ1n) is 5.73. The van der Waals surface area contributed by atoms with Crippen LogP contribution in [0.3, 0.4) is 0 Å². The van der Waals surface area contributed by atoms with E-state index in [0.29, 0.717) is 11.4 Å². The van der Waals surface area contributed by atoms with E-state index in [1.54, 1.807) is 12.5 Å². The van der Waals surface area contributed by atoms with Crippen LogP contribution in [0.15, 0.2) is 35.2 Å². The molecule has 3 nitrogen and oxygen atoms in total. The van der Waals surface area contributed by atoms with E-state index in [2.05, 4.69) is 20.9 Å². The number of nitrogens with zero attached hydrogens (tertiary/aromatic N) is 2. The van der Waals surface area contributed by atoms with Crippen LogP contribution in [0.4, 0.5) is 0 Å². The Morgan fingerprint density at radius 1 is 1.50 bits per heavy atom. The summed E-state index contributed by atoms with van der Waals surface area (Å²) >= 11 is 9.51. The summed E-state index contributed by atoms with van der Waals surface area (Å²) < 4.78 is 2.86. The van der Waals surface area contributed by atoms with Crippen molar-refractivity contribution in [3.8, 4) is 0 Å². The molecule has 1 unspecified atom stereocenters. The minimum absolute atomic E-state index is 0.484. The number of halogens is 2. The van der Waals surface area contributed by atoms with Gasteiger partial charge in [-0.1, -0.05) is 33.6 Å². The predicted molar refractivity (Wildman–Crippen MR) is 75.7 cm³/mol. The fourth-order valence-corrected chi connectivity index (χ4v) is 2.62. The molecule has 2 aromatic rings. The molecule has 0 aliphatic heterocycles. The number of aliphatic hydroxyl groups is 1. The highest BCUT2D eigenvalue weighted by molar-refractivity contribution is 9.10. The summed E-state index contributed by atoms with van der Waals surface area (Å²) in [6.45, 7) is 2.81. The SMILES string of the molecule is CCn1cncc1C(O)Cc1ccc(Br)cc1Cl. The van der Waals surface area contributed by atoms with Crippen LogP contribution < -0.4 is 0 Å². The third-order valence-corrected chi connectivity index (χ3v) is 3.70. The number of aromatic nitrogens is 2. The molecule has 0 fully saturated rings. The minimum Gasteiger partial charge on any atom is -0.386 e. The molecule has 1 N–H and O–H groups in total. The fraction of sp³-hybridized carbons (Fsp3) is 0.308. The maximum atomic E-state index is 10.2.